The number of thioether (sulfide) groups is 1. The van der Waals surface area contributed by atoms with Gasteiger partial charge in [0.15, 0.2) is 0 Å². The Labute approximate surface area is 125 Å². The average molecular weight is 302 g/mol. The highest BCUT2D eigenvalue weighted by atomic mass is 32.2. The van der Waals surface area contributed by atoms with Gasteiger partial charge in [-0.25, -0.2) is 4.79 Å². The standard InChI is InChI=1S/C14H26N2O3S/c1-4-20-10-5-11(2)15-13(19)16-8-6-14(3,7-9-16)12(17)18/h11H,4-10H2,1-3H3,(H,15,19)(H,17,18). The number of urea groups is 1. The number of aliphatic carboxylic acids is 1. The van der Waals surface area contributed by atoms with Gasteiger partial charge in [-0.1, -0.05) is 6.92 Å². The molecule has 1 aliphatic rings. The van der Waals surface area contributed by atoms with E-state index < -0.39 is 11.4 Å². The molecule has 20 heavy (non-hydrogen) atoms. The lowest BCUT2D eigenvalue weighted by atomic mass is 9.80. The predicted octanol–water partition coefficient (Wildman–Crippen LogP) is 2.41. The second kappa shape index (κ2) is 7.76. The number of piperidine rings is 1. The maximum absolute atomic E-state index is 12.1. The molecule has 1 unspecified atom stereocenters. The molecule has 5 nitrogen and oxygen atoms in total. The molecule has 1 atom stereocenters. The second-order valence-corrected chi connectivity index (χ2v) is 7.08. The van der Waals surface area contributed by atoms with Gasteiger partial charge in [0, 0.05) is 19.1 Å². The fourth-order valence-corrected chi connectivity index (χ4v) is 3.00. The Hall–Kier alpha value is -0.910. The van der Waals surface area contributed by atoms with E-state index in [4.69, 9.17) is 5.11 Å². The van der Waals surface area contributed by atoms with Crippen LogP contribution < -0.4 is 5.32 Å². The minimum Gasteiger partial charge on any atom is -0.481 e. The molecule has 0 bridgehead atoms. The normalized spacial score (nSPS) is 19.4. The Balaban J connectivity index is 2.34. The Kier molecular flexibility index (Phi) is 6.65. The highest BCUT2D eigenvalue weighted by Crippen LogP contribution is 2.30. The number of carboxylic acid groups (broad SMARTS) is 1. The van der Waals surface area contributed by atoms with E-state index >= 15 is 0 Å². The first-order chi connectivity index (χ1) is 9.39. The Morgan fingerprint density at radius 2 is 2.00 bits per heavy atom. The Bertz CT molecular complexity index is 341. The number of amides is 2. The fourth-order valence-electron chi connectivity index (χ4n) is 2.20. The van der Waals surface area contributed by atoms with Gasteiger partial charge in [-0.15, -0.1) is 0 Å². The summed E-state index contributed by atoms with van der Waals surface area (Å²) < 4.78 is 0. The van der Waals surface area contributed by atoms with Crippen LogP contribution in [0.3, 0.4) is 0 Å². The van der Waals surface area contributed by atoms with Crippen LogP contribution in [0.1, 0.15) is 40.0 Å². The minimum absolute atomic E-state index is 0.0635. The van der Waals surface area contributed by atoms with Crippen LogP contribution >= 0.6 is 11.8 Å². The van der Waals surface area contributed by atoms with Gasteiger partial charge in [-0.3, -0.25) is 4.79 Å². The summed E-state index contributed by atoms with van der Waals surface area (Å²) in [7, 11) is 0. The van der Waals surface area contributed by atoms with E-state index in [-0.39, 0.29) is 12.1 Å². The minimum atomic E-state index is -0.762. The molecule has 1 saturated heterocycles. The smallest absolute Gasteiger partial charge is 0.317 e. The molecule has 0 aromatic carbocycles. The molecular weight excluding hydrogens is 276 g/mol. The molecule has 0 radical (unpaired) electrons. The molecule has 1 rings (SSSR count). The van der Waals surface area contributed by atoms with Crippen LogP contribution in [0, 0.1) is 5.41 Å². The number of carboxylic acids is 1. The summed E-state index contributed by atoms with van der Waals surface area (Å²) in [5, 5.41) is 12.2. The van der Waals surface area contributed by atoms with Crippen LogP contribution in [0.5, 0.6) is 0 Å². The summed E-state index contributed by atoms with van der Waals surface area (Å²) in [6, 6.07) is 0.0979. The van der Waals surface area contributed by atoms with Crippen molar-refractivity contribution >= 4 is 23.8 Å². The second-order valence-electron chi connectivity index (χ2n) is 5.69. The van der Waals surface area contributed by atoms with Crippen molar-refractivity contribution in [3.63, 3.8) is 0 Å². The number of hydrogen-bond donors (Lipinski definition) is 2. The molecule has 0 aromatic rings. The monoisotopic (exact) mass is 302 g/mol. The lowest BCUT2D eigenvalue weighted by Crippen LogP contribution is -2.50. The van der Waals surface area contributed by atoms with E-state index in [2.05, 4.69) is 12.2 Å². The first kappa shape index (κ1) is 17.1. The molecule has 116 valence electrons. The lowest BCUT2D eigenvalue weighted by Gasteiger charge is -2.36. The van der Waals surface area contributed by atoms with Crippen LogP contribution in [-0.2, 0) is 4.79 Å². The molecule has 2 N–H and O–H groups in total. The summed E-state index contributed by atoms with van der Waals surface area (Å²) in [6.07, 6.45) is 2.01. The van der Waals surface area contributed by atoms with Gasteiger partial charge in [-0.05, 0) is 44.6 Å². The summed E-state index contributed by atoms with van der Waals surface area (Å²) >= 11 is 1.87. The molecule has 0 aliphatic carbocycles. The van der Waals surface area contributed by atoms with Crippen LogP contribution in [-0.4, -0.2) is 52.6 Å². The quantitative estimate of drug-likeness (QED) is 0.739. The average Bonchev–Trinajstić information content (AvgIpc) is 2.39. The molecule has 0 aromatic heterocycles. The number of carbonyl (C=O) groups excluding carboxylic acids is 1. The molecule has 1 heterocycles. The van der Waals surface area contributed by atoms with Crippen molar-refractivity contribution < 1.29 is 14.7 Å². The topological polar surface area (TPSA) is 69.6 Å². The fraction of sp³-hybridized carbons (Fsp3) is 0.857. The number of likely N-dealkylation sites (tertiary alicyclic amines) is 1. The largest absolute Gasteiger partial charge is 0.481 e. The van der Waals surface area contributed by atoms with E-state index in [1.165, 1.54) is 0 Å². The zero-order valence-electron chi connectivity index (χ0n) is 12.6. The van der Waals surface area contributed by atoms with Crippen LogP contribution in [0.25, 0.3) is 0 Å². The number of rotatable bonds is 6. The van der Waals surface area contributed by atoms with Gasteiger partial charge in [-0.2, -0.15) is 11.8 Å². The molecule has 0 spiro atoms. The van der Waals surface area contributed by atoms with Crippen molar-refractivity contribution in [3.05, 3.63) is 0 Å². The zero-order chi connectivity index (χ0) is 15.2. The maximum atomic E-state index is 12.1. The SMILES string of the molecule is CCSCCC(C)NC(=O)N1CCC(C)(C(=O)O)CC1. The lowest BCUT2D eigenvalue weighted by molar-refractivity contribution is -0.150. The molecule has 1 fully saturated rings. The first-order valence-electron chi connectivity index (χ1n) is 7.25. The van der Waals surface area contributed by atoms with Crippen molar-refractivity contribution in [3.8, 4) is 0 Å². The zero-order valence-corrected chi connectivity index (χ0v) is 13.5. The van der Waals surface area contributed by atoms with Crippen LogP contribution in [0.2, 0.25) is 0 Å². The van der Waals surface area contributed by atoms with Crippen molar-refractivity contribution in [1.29, 1.82) is 0 Å². The number of nitrogens with zero attached hydrogens (tertiary/aromatic N) is 1. The number of nitrogens with one attached hydrogen (secondary N) is 1. The summed E-state index contributed by atoms with van der Waals surface area (Å²) in [6.45, 7) is 6.94. The Morgan fingerprint density at radius 3 is 2.50 bits per heavy atom. The van der Waals surface area contributed by atoms with Gasteiger partial charge in [0.1, 0.15) is 0 Å². The molecule has 1 aliphatic heterocycles. The van der Waals surface area contributed by atoms with Gasteiger partial charge in [0.2, 0.25) is 0 Å². The number of carbonyl (C=O) groups is 2. The highest BCUT2D eigenvalue weighted by Gasteiger charge is 2.38. The van der Waals surface area contributed by atoms with Gasteiger partial charge in [0.25, 0.3) is 0 Å². The molecule has 6 heteroatoms. The maximum Gasteiger partial charge on any atom is 0.317 e. The van der Waals surface area contributed by atoms with E-state index in [0.717, 1.165) is 17.9 Å². The Morgan fingerprint density at radius 1 is 1.40 bits per heavy atom. The number of hydrogen-bond acceptors (Lipinski definition) is 3. The van der Waals surface area contributed by atoms with Gasteiger partial charge < -0.3 is 15.3 Å². The van der Waals surface area contributed by atoms with E-state index in [1.807, 2.05) is 18.7 Å². The van der Waals surface area contributed by atoms with E-state index in [1.54, 1.807) is 11.8 Å². The van der Waals surface area contributed by atoms with Crippen molar-refractivity contribution in [1.82, 2.24) is 10.2 Å². The third-order valence-electron chi connectivity index (χ3n) is 3.94. The first-order valence-corrected chi connectivity index (χ1v) is 8.41. The molecule has 2 amide bonds. The third kappa shape index (κ3) is 4.89. The highest BCUT2D eigenvalue weighted by molar-refractivity contribution is 7.99. The van der Waals surface area contributed by atoms with Crippen LogP contribution in [0.15, 0.2) is 0 Å². The summed E-state index contributed by atoms with van der Waals surface area (Å²) in [5.74, 6) is 1.39. The van der Waals surface area contributed by atoms with Crippen molar-refractivity contribution in [2.24, 2.45) is 5.41 Å². The van der Waals surface area contributed by atoms with Crippen LogP contribution in [0.4, 0.5) is 4.79 Å². The van der Waals surface area contributed by atoms with E-state index in [9.17, 15) is 9.59 Å². The molecule has 0 saturated carbocycles. The third-order valence-corrected chi connectivity index (χ3v) is 4.87. The van der Waals surface area contributed by atoms with Gasteiger partial charge in [0.05, 0.1) is 5.41 Å². The summed E-state index contributed by atoms with van der Waals surface area (Å²) in [5.41, 5.74) is -0.680. The molecular formula is C14H26N2O3S. The van der Waals surface area contributed by atoms with Gasteiger partial charge >= 0.3 is 12.0 Å². The summed E-state index contributed by atoms with van der Waals surface area (Å²) in [4.78, 5) is 25.0. The predicted molar refractivity (Wildman–Crippen MR) is 82.2 cm³/mol. The van der Waals surface area contributed by atoms with E-state index in [0.29, 0.717) is 25.9 Å². The van der Waals surface area contributed by atoms with Crippen molar-refractivity contribution in [2.45, 2.75) is 46.1 Å². The van der Waals surface area contributed by atoms with Crippen molar-refractivity contribution in [2.75, 3.05) is 24.6 Å².